The highest BCUT2D eigenvalue weighted by Crippen LogP contribution is 2.36. The molecule has 0 aliphatic carbocycles. The maximum Gasteiger partial charge on any atom is 0.348 e. The van der Waals surface area contributed by atoms with Gasteiger partial charge in [0.1, 0.15) is 17.1 Å². The predicted molar refractivity (Wildman–Crippen MR) is 185 cm³/mol. The van der Waals surface area contributed by atoms with Crippen LogP contribution in [-0.4, -0.2) is 55.4 Å². The number of thiophene rings is 1. The Morgan fingerprint density at radius 1 is 0.979 bits per heavy atom. The monoisotopic (exact) mass is 712 g/mol. The number of ether oxygens (including phenoxy) is 4. The normalized spacial score (nSPS) is 15.0. The lowest BCUT2D eigenvalue weighted by Gasteiger charge is -2.36. The zero-order valence-electron chi connectivity index (χ0n) is 26.5. The molecular weight excluding hydrogens is 677 g/mol. The van der Waals surface area contributed by atoms with Crippen molar-refractivity contribution in [1.29, 1.82) is 0 Å². The van der Waals surface area contributed by atoms with Crippen LogP contribution < -0.4 is 14.8 Å². The van der Waals surface area contributed by atoms with Crippen LogP contribution in [0.4, 0.5) is 0 Å². The fourth-order valence-electron chi connectivity index (χ4n) is 5.44. The Bertz CT molecular complexity index is 1660. The van der Waals surface area contributed by atoms with Crippen LogP contribution in [-0.2, 0) is 27.2 Å². The number of hydroxylamine groups is 2. The van der Waals surface area contributed by atoms with Crippen molar-refractivity contribution in [2.24, 2.45) is 0 Å². The molecule has 1 unspecified atom stereocenters. The summed E-state index contributed by atoms with van der Waals surface area (Å²) in [6.45, 7) is 1.13. The van der Waals surface area contributed by atoms with Gasteiger partial charge in [0.05, 0.1) is 30.7 Å². The average molecular weight is 714 g/mol. The molecule has 48 heavy (non-hydrogen) atoms. The van der Waals surface area contributed by atoms with E-state index >= 15 is 0 Å². The molecule has 1 aliphatic rings. The van der Waals surface area contributed by atoms with Gasteiger partial charge >= 0.3 is 11.9 Å². The number of piperidine rings is 1. The smallest absolute Gasteiger partial charge is 0.348 e. The molecule has 2 atom stereocenters. The molecular formula is C35H36Cl2N3O7S-. The summed E-state index contributed by atoms with van der Waals surface area (Å²) in [5, 5.41) is 16.7. The molecule has 0 amide bonds. The number of methoxy groups -OCH3 is 2. The maximum atomic E-state index is 13.5. The summed E-state index contributed by atoms with van der Waals surface area (Å²) >= 11 is 14.2. The van der Waals surface area contributed by atoms with Crippen LogP contribution in [0.1, 0.15) is 62.6 Å². The molecule has 4 aromatic rings. The summed E-state index contributed by atoms with van der Waals surface area (Å²) in [6.07, 6.45) is 3.36. The van der Waals surface area contributed by atoms with E-state index < -0.39 is 12.1 Å². The van der Waals surface area contributed by atoms with Gasteiger partial charge < -0.3 is 34.5 Å². The van der Waals surface area contributed by atoms with Crippen molar-refractivity contribution in [1.82, 2.24) is 15.4 Å². The van der Waals surface area contributed by atoms with Gasteiger partial charge in [-0.1, -0.05) is 59.6 Å². The Kier molecular flexibility index (Phi) is 12.7. The summed E-state index contributed by atoms with van der Waals surface area (Å²) in [6, 6.07) is 18.2. The number of hydrogen-bond acceptors (Lipinski definition) is 11. The van der Waals surface area contributed by atoms with Crippen LogP contribution in [0.15, 0.2) is 73.1 Å². The number of rotatable bonds is 14. The Morgan fingerprint density at radius 3 is 2.38 bits per heavy atom. The standard InChI is InChI=1S/C35H36Cl2N3O7S/c1-44-30-10-8-23(16-32(30)45-2)31(17-26-27(36)20-38-21-28(26)37)47-35(42)33-11-9-25(48-33)19-39-29(22-6-4-3-5-7-22)18-34(41)46-24-12-14-40(43)15-13-24/h3-11,16,20-21,24,29,31,39H,12-15,17-19H2,1-2H3/q-1/t29?,31-/m0/s1. The van der Waals surface area contributed by atoms with Crippen LogP contribution in [0.5, 0.6) is 11.5 Å². The SMILES string of the molecule is COc1ccc([C@H](Cc2c(Cl)cncc2Cl)OC(=O)c2ccc(CNC(CC(=O)OC3CCN([O-])CC3)c3ccccc3)s2)cc1OC. The molecule has 5 rings (SSSR count). The fourth-order valence-corrected chi connectivity index (χ4v) is 6.80. The summed E-state index contributed by atoms with van der Waals surface area (Å²) in [5.41, 5.74) is 2.20. The van der Waals surface area contributed by atoms with Crippen LogP contribution in [0.2, 0.25) is 10.0 Å². The third-order valence-electron chi connectivity index (χ3n) is 8.03. The number of benzene rings is 2. The second-order valence-corrected chi connectivity index (χ2v) is 13.2. The number of carbonyl (C=O) groups excluding carboxylic acids is 2. The number of aromatic nitrogens is 1. The Hall–Kier alpha value is -3.71. The number of nitrogens with one attached hydrogen (secondary N) is 1. The second kappa shape index (κ2) is 17.1. The van der Waals surface area contributed by atoms with Gasteiger partial charge in [0.25, 0.3) is 0 Å². The first-order valence-electron chi connectivity index (χ1n) is 15.4. The highest BCUT2D eigenvalue weighted by molar-refractivity contribution is 7.13. The molecule has 0 radical (unpaired) electrons. The summed E-state index contributed by atoms with van der Waals surface area (Å²) in [7, 11) is 3.08. The first-order valence-corrected chi connectivity index (χ1v) is 17.0. The predicted octanol–water partition coefficient (Wildman–Crippen LogP) is 7.33. The number of carbonyl (C=O) groups is 2. The maximum absolute atomic E-state index is 13.5. The molecule has 1 aliphatic heterocycles. The fraction of sp³-hybridized carbons (Fsp3) is 0.343. The molecule has 2 aromatic carbocycles. The van der Waals surface area contributed by atoms with Crippen molar-refractivity contribution in [3.63, 3.8) is 0 Å². The molecule has 0 spiro atoms. The topological polar surface area (TPSA) is 122 Å². The molecule has 1 fully saturated rings. The van der Waals surface area contributed by atoms with Gasteiger partial charge in [0.15, 0.2) is 11.5 Å². The quantitative estimate of drug-likeness (QED) is 0.133. The molecule has 10 nitrogen and oxygen atoms in total. The highest BCUT2D eigenvalue weighted by Gasteiger charge is 2.25. The second-order valence-electron chi connectivity index (χ2n) is 11.2. The summed E-state index contributed by atoms with van der Waals surface area (Å²) in [5.74, 6) is 0.178. The van der Waals surface area contributed by atoms with Crippen molar-refractivity contribution in [2.45, 2.75) is 50.5 Å². The lowest BCUT2D eigenvalue weighted by molar-refractivity contribution is -0.151. The van der Waals surface area contributed by atoms with Gasteiger partial charge in [-0.05, 0) is 66.9 Å². The van der Waals surface area contributed by atoms with Crippen LogP contribution in [0.25, 0.3) is 0 Å². The Balaban J connectivity index is 1.28. The number of nitrogens with zero attached hydrogens (tertiary/aromatic N) is 2. The van der Waals surface area contributed by atoms with E-state index in [-0.39, 0.29) is 31.0 Å². The van der Waals surface area contributed by atoms with Gasteiger partial charge in [0.2, 0.25) is 0 Å². The van der Waals surface area contributed by atoms with Gasteiger partial charge in [-0.15, -0.1) is 11.3 Å². The Labute approximate surface area is 293 Å². The van der Waals surface area contributed by atoms with E-state index in [9.17, 15) is 14.8 Å². The van der Waals surface area contributed by atoms with E-state index in [0.29, 0.717) is 70.0 Å². The van der Waals surface area contributed by atoms with E-state index in [0.717, 1.165) is 15.5 Å². The lowest BCUT2D eigenvalue weighted by atomic mass is 10.0. The van der Waals surface area contributed by atoms with Gasteiger partial charge in [-0.25, -0.2) is 4.79 Å². The first-order chi connectivity index (χ1) is 23.2. The minimum Gasteiger partial charge on any atom is -0.785 e. The van der Waals surface area contributed by atoms with Crippen molar-refractivity contribution >= 4 is 46.5 Å². The first kappa shape index (κ1) is 35.6. The molecule has 3 heterocycles. The molecule has 2 aromatic heterocycles. The number of hydrogen-bond donors (Lipinski definition) is 1. The third-order valence-corrected chi connectivity index (χ3v) is 9.74. The minimum absolute atomic E-state index is 0.120. The van der Waals surface area contributed by atoms with E-state index in [1.54, 1.807) is 31.4 Å². The van der Waals surface area contributed by atoms with Gasteiger partial charge in [-0.2, -0.15) is 0 Å². The van der Waals surface area contributed by atoms with E-state index in [1.165, 1.54) is 30.8 Å². The van der Waals surface area contributed by atoms with Crippen molar-refractivity contribution in [3.05, 3.63) is 115 Å². The van der Waals surface area contributed by atoms with Crippen LogP contribution in [0.3, 0.4) is 0 Å². The van der Waals surface area contributed by atoms with Crippen LogP contribution in [0, 0.1) is 5.21 Å². The molecule has 13 heteroatoms. The summed E-state index contributed by atoms with van der Waals surface area (Å²) in [4.78, 5) is 31.8. The van der Waals surface area contributed by atoms with Crippen LogP contribution >= 0.6 is 34.5 Å². The largest absolute Gasteiger partial charge is 0.785 e. The molecule has 0 bridgehead atoms. The van der Waals surface area contributed by atoms with Gasteiger partial charge in [-0.3, -0.25) is 9.78 Å². The number of halogens is 2. The van der Waals surface area contributed by atoms with Crippen molar-refractivity contribution < 1.29 is 28.5 Å². The minimum atomic E-state index is -0.757. The molecule has 1 saturated heterocycles. The third kappa shape index (κ3) is 9.46. The highest BCUT2D eigenvalue weighted by atomic mass is 35.5. The molecule has 1 N–H and O–H groups in total. The van der Waals surface area contributed by atoms with E-state index in [2.05, 4.69) is 10.3 Å². The van der Waals surface area contributed by atoms with Crippen molar-refractivity contribution in [2.75, 3.05) is 27.3 Å². The molecule has 0 saturated carbocycles. The van der Waals surface area contributed by atoms with Crippen molar-refractivity contribution in [3.8, 4) is 11.5 Å². The zero-order chi connectivity index (χ0) is 34.0. The van der Waals surface area contributed by atoms with E-state index in [1.807, 2.05) is 36.4 Å². The van der Waals surface area contributed by atoms with Gasteiger partial charge in [0, 0.05) is 36.3 Å². The average Bonchev–Trinajstić information content (AvgIpc) is 3.58. The van der Waals surface area contributed by atoms with E-state index in [4.69, 9.17) is 42.1 Å². The molecule has 254 valence electrons. The number of pyridine rings is 1. The Morgan fingerprint density at radius 2 is 1.69 bits per heavy atom. The lowest BCUT2D eigenvalue weighted by Crippen LogP contribution is -2.35. The number of esters is 2. The summed E-state index contributed by atoms with van der Waals surface area (Å²) < 4.78 is 22.7. The zero-order valence-corrected chi connectivity index (χ0v) is 28.9.